The molecule has 0 aliphatic carbocycles. The average molecular weight is 413 g/mol. The molecule has 1 heterocycles. The molecule has 2 aromatic rings. The minimum absolute atomic E-state index is 0.0802. The van der Waals surface area contributed by atoms with Gasteiger partial charge in [-0.05, 0) is 43.7 Å². The van der Waals surface area contributed by atoms with Crippen molar-refractivity contribution in [2.24, 2.45) is 27.6 Å². The SMILES string of the molecule is C[C@@H](CCCCN)C(=O)Oc1ccccc1/N=N/c1ccc(NC(=O)CN)nc1N. The molecule has 0 aliphatic rings. The smallest absolute Gasteiger partial charge is 0.314 e. The second-order valence-corrected chi connectivity index (χ2v) is 6.63. The molecular weight excluding hydrogens is 386 g/mol. The van der Waals surface area contributed by atoms with E-state index in [1.807, 2.05) is 6.92 Å². The summed E-state index contributed by atoms with van der Waals surface area (Å²) >= 11 is 0. The molecule has 1 amide bonds. The zero-order valence-corrected chi connectivity index (χ0v) is 16.9. The number of pyridine rings is 1. The van der Waals surface area contributed by atoms with Gasteiger partial charge in [0, 0.05) is 0 Å². The molecule has 7 N–H and O–H groups in total. The van der Waals surface area contributed by atoms with Gasteiger partial charge in [-0.25, -0.2) is 4.98 Å². The molecule has 0 fully saturated rings. The number of nitrogens with zero attached hydrogens (tertiary/aromatic N) is 3. The third-order valence-corrected chi connectivity index (χ3v) is 4.19. The van der Waals surface area contributed by atoms with Gasteiger partial charge in [0.05, 0.1) is 12.5 Å². The number of benzene rings is 1. The van der Waals surface area contributed by atoms with Crippen LogP contribution in [-0.2, 0) is 9.59 Å². The van der Waals surface area contributed by atoms with Crippen LogP contribution in [0.5, 0.6) is 5.75 Å². The van der Waals surface area contributed by atoms with Gasteiger partial charge in [-0.2, -0.15) is 0 Å². The Morgan fingerprint density at radius 1 is 1.10 bits per heavy atom. The zero-order valence-electron chi connectivity index (χ0n) is 16.9. The van der Waals surface area contributed by atoms with Gasteiger partial charge in [-0.3, -0.25) is 9.59 Å². The highest BCUT2D eigenvalue weighted by Crippen LogP contribution is 2.31. The first-order valence-electron chi connectivity index (χ1n) is 9.63. The molecule has 0 saturated heterocycles. The fourth-order valence-corrected chi connectivity index (χ4v) is 2.47. The summed E-state index contributed by atoms with van der Waals surface area (Å²) in [5.74, 6) is -0.329. The average Bonchev–Trinajstić information content (AvgIpc) is 2.74. The van der Waals surface area contributed by atoms with E-state index in [2.05, 4.69) is 20.5 Å². The normalized spacial score (nSPS) is 12.0. The molecule has 10 nitrogen and oxygen atoms in total. The third-order valence-electron chi connectivity index (χ3n) is 4.19. The molecule has 0 aliphatic heterocycles. The van der Waals surface area contributed by atoms with E-state index in [1.165, 1.54) is 6.07 Å². The Morgan fingerprint density at radius 3 is 2.53 bits per heavy atom. The van der Waals surface area contributed by atoms with E-state index in [0.29, 0.717) is 30.1 Å². The molecule has 1 aromatic heterocycles. The number of azo groups is 1. The van der Waals surface area contributed by atoms with Gasteiger partial charge in [0.25, 0.3) is 0 Å². The van der Waals surface area contributed by atoms with Crippen LogP contribution in [0.2, 0.25) is 0 Å². The summed E-state index contributed by atoms with van der Waals surface area (Å²) in [6, 6.07) is 9.91. The summed E-state index contributed by atoms with van der Waals surface area (Å²) in [5.41, 5.74) is 17.3. The fraction of sp³-hybridized carbons (Fsp3) is 0.350. The van der Waals surface area contributed by atoms with Crippen molar-refractivity contribution in [2.45, 2.75) is 26.2 Å². The van der Waals surface area contributed by atoms with Gasteiger partial charge in [-0.15, -0.1) is 10.2 Å². The Morgan fingerprint density at radius 2 is 1.83 bits per heavy atom. The number of hydrogen-bond acceptors (Lipinski definition) is 9. The maximum atomic E-state index is 12.3. The topological polar surface area (TPSA) is 171 Å². The molecule has 1 atom stereocenters. The minimum atomic E-state index is -0.385. The number of rotatable bonds is 10. The number of ether oxygens (including phenoxy) is 1. The van der Waals surface area contributed by atoms with Crippen molar-refractivity contribution >= 4 is 34.9 Å². The van der Waals surface area contributed by atoms with E-state index >= 15 is 0 Å². The fourth-order valence-electron chi connectivity index (χ4n) is 2.47. The predicted molar refractivity (Wildman–Crippen MR) is 115 cm³/mol. The van der Waals surface area contributed by atoms with Crippen LogP contribution >= 0.6 is 0 Å². The number of para-hydroxylation sites is 1. The zero-order chi connectivity index (χ0) is 21.9. The van der Waals surface area contributed by atoms with E-state index in [-0.39, 0.29) is 36.0 Å². The number of nitrogens with two attached hydrogens (primary N) is 3. The van der Waals surface area contributed by atoms with E-state index < -0.39 is 0 Å². The molecule has 2 rings (SSSR count). The minimum Gasteiger partial charge on any atom is -0.424 e. The van der Waals surface area contributed by atoms with Gasteiger partial charge in [-0.1, -0.05) is 25.5 Å². The molecule has 0 bridgehead atoms. The van der Waals surface area contributed by atoms with Crippen molar-refractivity contribution in [1.29, 1.82) is 0 Å². The molecule has 0 radical (unpaired) electrons. The highest BCUT2D eigenvalue weighted by Gasteiger charge is 2.16. The van der Waals surface area contributed by atoms with Gasteiger partial charge < -0.3 is 27.3 Å². The van der Waals surface area contributed by atoms with Crippen molar-refractivity contribution < 1.29 is 14.3 Å². The molecule has 160 valence electrons. The number of esters is 1. The molecule has 30 heavy (non-hydrogen) atoms. The van der Waals surface area contributed by atoms with Crippen LogP contribution in [-0.4, -0.2) is 29.9 Å². The Labute approximate surface area is 174 Å². The predicted octanol–water partition coefficient (Wildman–Crippen LogP) is 2.65. The molecule has 0 saturated carbocycles. The third kappa shape index (κ3) is 6.90. The lowest BCUT2D eigenvalue weighted by atomic mass is 10.0. The van der Waals surface area contributed by atoms with Crippen molar-refractivity contribution in [3.05, 3.63) is 36.4 Å². The van der Waals surface area contributed by atoms with Crippen molar-refractivity contribution in [1.82, 2.24) is 4.98 Å². The van der Waals surface area contributed by atoms with Crippen LogP contribution in [0.1, 0.15) is 26.2 Å². The summed E-state index contributed by atoms with van der Waals surface area (Å²) in [5, 5.41) is 10.7. The van der Waals surface area contributed by atoms with E-state index in [1.54, 1.807) is 30.3 Å². The number of amides is 1. The number of nitrogens with one attached hydrogen (secondary N) is 1. The lowest BCUT2D eigenvalue weighted by molar-refractivity contribution is -0.138. The van der Waals surface area contributed by atoms with Crippen LogP contribution in [0.3, 0.4) is 0 Å². The van der Waals surface area contributed by atoms with Crippen LogP contribution in [0.4, 0.5) is 23.0 Å². The van der Waals surface area contributed by atoms with Crippen LogP contribution in [0, 0.1) is 5.92 Å². The Bertz CT molecular complexity index is 902. The number of anilines is 2. The van der Waals surface area contributed by atoms with E-state index in [9.17, 15) is 9.59 Å². The highest BCUT2D eigenvalue weighted by atomic mass is 16.5. The first-order valence-corrected chi connectivity index (χ1v) is 9.63. The maximum Gasteiger partial charge on any atom is 0.314 e. The number of carbonyl (C=O) groups excluding carboxylic acids is 2. The summed E-state index contributed by atoms with van der Waals surface area (Å²) in [6.07, 6.45) is 2.43. The van der Waals surface area contributed by atoms with E-state index in [0.717, 1.165) is 12.8 Å². The monoisotopic (exact) mass is 413 g/mol. The lowest BCUT2D eigenvalue weighted by Gasteiger charge is -2.12. The maximum absolute atomic E-state index is 12.3. The van der Waals surface area contributed by atoms with E-state index in [4.69, 9.17) is 21.9 Å². The number of nitrogen functional groups attached to an aromatic ring is 1. The first-order chi connectivity index (χ1) is 14.4. The van der Waals surface area contributed by atoms with Gasteiger partial charge in [0.1, 0.15) is 17.2 Å². The first kappa shape index (κ1) is 22.9. The highest BCUT2D eigenvalue weighted by molar-refractivity contribution is 5.91. The van der Waals surface area contributed by atoms with Crippen LogP contribution < -0.4 is 27.3 Å². The number of unbranched alkanes of at least 4 members (excludes halogenated alkanes) is 1. The molecule has 0 spiro atoms. The largest absolute Gasteiger partial charge is 0.424 e. The second kappa shape index (κ2) is 11.6. The Balaban J connectivity index is 2.09. The quantitative estimate of drug-likeness (QED) is 0.201. The standard InChI is InChI=1S/C20H27N7O3/c1-13(6-4-5-11-21)20(29)30-16-8-3-2-7-14(16)26-27-15-9-10-17(25-19(15)23)24-18(28)12-22/h2-3,7-10,13H,4-6,11-12,21-22H2,1H3,(H3,23,24,25,28)/b27-26+/t13-/m0/s1. The Hall–Kier alpha value is -3.37. The van der Waals surface area contributed by atoms with Gasteiger partial charge in [0.2, 0.25) is 5.91 Å². The van der Waals surface area contributed by atoms with Crippen molar-refractivity contribution in [3.63, 3.8) is 0 Å². The van der Waals surface area contributed by atoms with Crippen LogP contribution in [0.25, 0.3) is 0 Å². The van der Waals surface area contributed by atoms with Crippen molar-refractivity contribution in [3.8, 4) is 5.75 Å². The van der Waals surface area contributed by atoms with Crippen molar-refractivity contribution in [2.75, 3.05) is 24.1 Å². The van der Waals surface area contributed by atoms with Gasteiger partial charge >= 0.3 is 5.97 Å². The number of hydrogen-bond donors (Lipinski definition) is 4. The molecule has 0 unspecified atom stereocenters. The summed E-state index contributed by atoms with van der Waals surface area (Å²) in [7, 11) is 0. The van der Waals surface area contributed by atoms with Crippen LogP contribution in [0.15, 0.2) is 46.6 Å². The Kier molecular flexibility index (Phi) is 8.85. The number of carbonyl (C=O) groups is 2. The molecule has 1 aromatic carbocycles. The summed E-state index contributed by atoms with van der Waals surface area (Å²) in [6.45, 7) is 2.26. The second-order valence-electron chi connectivity index (χ2n) is 6.63. The lowest BCUT2D eigenvalue weighted by Crippen LogP contribution is -2.22. The molecule has 10 heteroatoms. The summed E-state index contributed by atoms with van der Waals surface area (Å²) < 4.78 is 5.50. The number of aromatic nitrogens is 1. The summed E-state index contributed by atoms with van der Waals surface area (Å²) in [4.78, 5) is 27.7. The molecular formula is C20H27N7O3. The van der Waals surface area contributed by atoms with Gasteiger partial charge in [0.15, 0.2) is 11.6 Å².